The normalized spacial score (nSPS) is 21.1. The van der Waals surface area contributed by atoms with Crippen LogP contribution in [-0.2, 0) is 18.3 Å². The number of aromatic nitrogens is 2. The van der Waals surface area contributed by atoms with E-state index in [0.717, 1.165) is 11.8 Å². The fourth-order valence-electron chi connectivity index (χ4n) is 3.41. The van der Waals surface area contributed by atoms with Crippen molar-refractivity contribution in [1.29, 1.82) is 0 Å². The Kier molecular flexibility index (Phi) is 4.17. The van der Waals surface area contributed by atoms with Crippen LogP contribution in [0.5, 0.6) is 0 Å². The number of rotatable bonds is 3. The lowest BCUT2D eigenvalue weighted by Crippen LogP contribution is -2.36. The van der Waals surface area contributed by atoms with Crippen molar-refractivity contribution >= 4 is 16.7 Å². The lowest BCUT2D eigenvalue weighted by Gasteiger charge is -2.21. The van der Waals surface area contributed by atoms with Gasteiger partial charge >= 0.3 is 0 Å². The van der Waals surface area contributed by atoms with Crippen molar-refractivity contribution in [2.24, 2.45) is 18.7 Å². The average Bonchev–Trinajstić information content (AvgIpc) is 2.93. The summed E-state index contributed by atoms with van der Waals surface area (Å²) < 4.78 is 1.31. The number of carbonyl (C=O) groups excluding carboxylic acids is 1. The van der Waals surface area contributed by atoms with Crippen LogP contribution in [0.3, 0.4) is 0 Å². The standard InChI is InChI=1S/C17H22N4O2/c1-11-7-12(9-18)10-21(11)16(22)8-15-13-5-3-4-6-14(13)17(23)20(2)19-15/h3-6,11-12H,7-10,18H2,1-2H3. The molecule has 1 fully saturated rings. The van der Waals surface area contributed by atoms with Crippen molar-refractivity contribution in [1.82, 2.24) is 14.7 Å². The zero-order chi connectivity index (χ0) is 16.6. The Morgan fingerprint density at radius 1 is 1.35 bits per heavy atom. The van der Waals surface area contributed by atoms with E-state index in [1.54, 1.807) is 13.1 Å². The van der Waals surface area contributed by atoms with Gasteiger partial charge in [-0.15, -0.1) is 0 Å². The minimum absolute atomic E-state index is 0.0461. The van der Waals surface area contributed by atoms with Crippen molar-refractivity contribution in [3.8, 4) is 0 Å². The maximum Gasteiger partial charge on any atom is 0.274 e. The van der Waals surface area contributed by atoms with Gasteiger partial charge in [0.25, 0.3) is 5.56 Å². The van der Waals surface area contributed by atoms with Gasteiger partial charge in [-0.2, -0.15) is 5.10 Å². The van der Waals surface area contributed by atoms with Gasteiger partial charge in [-0.3, -0.25) is 9.59 Å². The maximum absolute atomic E-state index is 12.7. The van der Waals surface area contributed by atoms with E-state index in [1.807, 2.05) is 23.1 Å². The van der Waals surface area contributed by atoms with Gasteiger partial charge in [0, 0.05) is 25.0 Å². The zero-order valence-corrected chi connectivity index (χ0v) is 13.5. The summed E-state index contributed by atoms with van der Waals surface area (Å²) in [6.45, 7) is 3.37. The number of likely N-dealkylation sites (tertiary alicyclic amines) is 1. The van der Waals surface area contributed by atoms with Crippen molar-refractivity contribution in [2.75, 3.05) is 13.1 Å². The topological polar surface area (TPSA) is 81.2 Å². The van der Waals surface area contributed by atoms with Gasteiger partial charge in [0.2, 0.25) is 5.91 Å². The van der Waals surface area contributed by atoms with Gasteiger partial charge in [-0.05, 0) is 31.9 Å². The molecule has 6 nitrogen and oxygen atoms in total. The third-order valence-corrected chi connectivity index (χ3v) is 4.67. The molecule has 2 aromatic rings. The Balaban J connectivity index is 1.92. The fourth-order valence-corrected chi connectivity index (χ4v) is 3.41. The van der Waals surface area contributed by atoms with E-state index >= 15 is 0 Å². The van der Waals surface area contributed by atoms with Crippen LogP contribution < -0.4 is 11.3 Å². The number of nitrogens with two attached hydrogens (primary N) is 1. The molecule has 1 amide bonds. The highest BCUT2D eigenvalue weighted by atomic mass is 16.2. The summed E-state index contributed by atoms with van der Waals surface area (Å²) in [7, 11) is 1.62. The summed E-state index contributed by atoms with van der Waals surface area (Å²) in [5.41, 5.74) is 6.24. The van der Waals surface area contributed by atoms with E-state index in [0.29, 0.717) is 30.1 Å². The average molecular weight is 314 g/mol. The molecule has 2 heterocycles. The van der Waals surface area contributed by atoms with Crippen molar-refractivity contribution in [3.05, 3.63) is 40.3 Å². The van der Waals surface area contributed by atoms with Gasteiger partial charge in [0.1, 0.15) is 0 Å². The van der Waals surface area contributed by atoms with Crippen LogP contribution in [0.15, 0.2) is 29.1 Å². The highest BCUT2D eigenvalue weighted by Crippen LogP contribution is 2.23. The highest BCUT2D eigenvalue weighted by Gasteiger charge is 2.31. The van der Waals surface area contributed by atoms with Gasteiger partial charge in [0.15, 0.2) is 0 Å². The van der Waals surface area contributed by atoms with Gasteiger partial charge in [-0.25, -0.2) is 4.68 Å². The number of hydrogen-bond acceptors (Lipinski definition) is 4. The van der Waals surface area contributed by atoms with Gasteiger partial charge < -0.3 is 10.6 Å². The van der Waals surface area contributed by atoms with Gasteiger partial charge in [-0.1, -0.05) is 18.2 Å². The van der Waals surface area contributed by atoms with Crippen LogP contribution in [0.25, 0.3) is 10.8 Å². The van der Waals surface area contributed by atoms with E-state index < -0.39 is 0 Å². The number of amides is 1. The first-order chi connectivity index (χ1) is 11.0. The number of fused-ring (bicyclic) bond motifs is 1. The predicted molar refractivity (Wildman–Crippen MR) is 89.0 cm³/mol. The van der Waals surface area contributed by atoms with E-state index in [-0.39, 0.29) is 23.9 Å². The minimum atomic E-state index is -0.144. The Morgan fingerprint density at radius 2 is 2.04 bits per heavy atom. The third-order valence-electron chi connectivity index (χ3n) is 4.67. The Bertz CT molecular complexity index is 799. The number of hydrogen-bond donors (Lipinski definition) is 1. The third kappa shape index (κ3) is 2.86. The molecule has 2 atom stereocenters. The molecule has 1 aliphatic rings. The number of carbonyl (C=O) groups is 1. The molecule has 1 aromatic heterocycles. The summed E-state index contributed by atoms with van der Waals surface area (Å²) in [6, 6.07) is 7.51. The Hall–Kier alpha value is -2.21. The molecule has 3 rings (SSSR count). The molecule has 0 bridgehead atoms. The summed E-state index contributed by atoms with van der Waals surface area (Å²) in [6.07, 6.45) is 1.15. The number of aryl methyl sites for hydroxylation is 1. The molecule has 0 saturated carbocycles. The molecule has 2 N–H and O–H groups in total. The highest BCUT2D eigenvalue weighted by molar-refractivity contribution is 5.88. The molecule has 0 aliphatic carbocycles. The lowest BCUT2D eigenvalue weighted by molar-refractivity contribution is -0.131. The molecular formula is C17H22N4O2. The van der Waals surface area contributed by atoms with E-state index in [9.17, 15) is 9.59 Å². The van der Waals surface area contributed by atoms with Gasteiger partial charge in [0.05, 0.1) is 17.5 Å². The summed E-state index contributed by atoms with van der Waals surface area (Å²) in [5, 5.41) is 5.66. The second kappa shape index (κ2) is 6.12. The van der Waals surface area contributed by atoms with Crippen LogP contribution in [0.2, 0.25) is 0 Å². The first kappa shape index (κ1) is 15.7. The smallest absolute Gasteiger partial charge is 0.274 e. The maximum atomic E-state index is 12.7. The van der Waals surface area contributed by atoms with Crippen LogP contribution in [0.1, 0.15) is 19.0 Å². The number of benzene rings is 1. The van der Waals surface area contributed by atoms with E-state index in [4.69, 9.17) is 5.73 Å². The summed E-state index contributed by atoms with van der Waals surface area (Å²) >= 11 is 0. The first-order valence-electron chi connectivity index (χ1n) is 7.95. The predicted octanol–water partition coefficient (Wildman–Crippen LogP) is 0.672. The Labute approximate surface area is 134 Å². The van der Waals surface area contributed by atoms with E-state index in [2.05, 4.69) is 12.0 Å². The molecule has 2 unspecified atom stereocenters. The van der Waals surface area contributed by atoms with Crippen LogP contribution in [0.4, 0.5) is 0 Å². The second-order valence-corrected chi connectivity index (χ2v) is 6.33. The quantitative estimate of drug-likeness (QED) is 0.903. The summed E-state index contributed by atoms with van der Waals surface area (Å²) in [4.78, 5) is 26.7. The largest absolute Gasteiger partial charge is 0.339 e. The lowest BCUT2D eigenvalue weighted by atomic mass is 10.1. The Morgan fingerprint density at radius 3 is 2.70 bits per heavy atom. The van der Waals surface area contributed by atoms with Crippen LogP contribution >= 0.6 is 0 Å². The molecule has 1 aliphatic heterocycles. The molecule has 0 radical (unpaired) electrons. The summed E-state index contributed by atoms with van der Waals surface area (Å²) in [5.74, 6) is 0.420. The van der Waals surface area contributed by atoms with Crippen LogP contribution in [-0.4, -0.2) is 39.7 Å². The molecular weight excluding hydrogens is 292 g/mol. The first-order valence-corrected chi connectivity index (χ1v) is 7.95. The molecule has 122 valence electrons. The zero-order valence-electron chi connectivity index (χ0n) is 13.5. The van der Waals surface area contributed by atoms with E-state index in [1.165, 1.54) is 4.68 Å². The van der Waals surface area contributed by atoms with Crippen LogP contribution in [0, 0.1) is 5.92 Å². The molecule has 6 heteroatoms. The molecule has 23 heavy (non-hydrogen) atoms. The second-order valence-electron chi connectivity index (χ2n) is 6.33. The van der Waals surface area contributed by atoms with Crippen molar-refractivity contribution in [3.63, 3.8) is 0 Å². The minimum Gasteiger partial charge on any atom is -0.339 e. The molecule has 1 saturated heterocycles. The van der Waals surface area contributed by atoms with Crippen molar-refractivity contribution in [2.45, 2.75) is 25.8 Å². The molecule has 1 aromatic carbocycles. The number of nitrogens with zero attached hydrogens (tertiary/aromatic N) is 3. The molecule has 0 spiro atoms. The monoisotopic (exact) mass is 314 g/mol. The SMILES string of the molecule is CC1CC(CN)CN1C(=O)Cc1nn(C)c(=O)c2ccccc12. The fraction of sp³-hybridized carbons (Fsp3) is 0.471. The van der Waals surface area contributed by atoms with Crippen molar-refractivity contribution < 1.29 is 4.79 Å².